The lowest BCUT2D eigenvalue weighted by Gasteiger charge is -2.27. The van der Waals surface area contributed by atoms with Crippen LogP contribution in [0, 0.1) is 5.92 Å². The summed E-state index contributed by atoms with van der Waals surface area (Å²) in [5.74, 6) is 0.921. The molecule has 1 amide bonds. The molecule has 1 saturated heterocycles. The quantitative estimate of drug-likeness (QED) is 0.888. The van der Waals surface area contributed by atoms with Crippen molar-refractivity contribution < 1.29 is 9.53 Å². The molecular weight excluding hydrogens is 275 g/mol. The van der Waals surface area contributed by atoms with Crippen molar-refractivity contribution in [3.8, 4) is 5.75 Å². The second-order valence-electron chi connectivity index (χ2n) is 4.08. The normalized spacial score (nSPS) is 14.3. The van der Waals surface area contributed by atoms with Gasteiger partial charge in [0.2, 0.25) is 0 Å². The van der Waals surface area contributed by atoms with Gasteiger partial charge in [-0.2, -0.15) is 0 Å². The lowest BCUT2D eigenvalue weighted by Crippen LogP contribution is -2.48. The van der Waals surface area contributed by atoms with Crippen LogP contribution in [-0.4, -0.2) is 32.7 Å². The Morgan fingerprint density at radius 2 is 2.28 bits per heavy atom. The minimum atomic E-state index is -0.120. The first-order valence-corrected chi connectivity index (χ1v) is 5.91. The van der Waals surface area contributed by atoms with Gasteiger partial charge in [-0.15, -0.1) is 12.4 Å². The molecule has 0 aromatic heterocycles. The molecule has 100 valence electrons. The van der Waals surface area contributed by atoms with E-state index in [2.05, 4.69) is 10.6 Å². The number of ether oxygens (including phenoxy) is 1. The number of nitrogens with one attached hydrogen (secondary N) is 2. The first-order valence-electron chi connectivity index (χ1n) is 5.53. The molecule has 1 aliphatic rings. The van der Waals surface area contributed by atoms with Gasteiger partial charge < -0.3 is 15.4 Å². The van der Waals surface area contributed by atoms with Crippen LogP contribution in [0.15, 0.2) is 18.2 Å². The Bertz CT molecular complexity index is 423. The summed E-state index contributed by atoms with van der Waals surface area (Å²) in [5, 5.41) is 6.61. The third-order valence-electron chi connectivity index (χ3n) is 2.83. The number of carbonyl (C=O) groups excluding carboxylic acids is 1. The van der Waals surface area contributed by atoms with Gasteiger partial charge in [0.05, 0.1) is 12.7 Å². The predicted molar refractivity (Wildman–Crippen MR) is 73.9 cm³/mol. The van der Waals surface area contributed by atoms with E-state index in [9.17, 15) is 4.79 Å². The Labute approximate surface area is 117 Å². The summed E-state index contributed by atoms with van der Waals surface area (Å²) in [6, 6.07) is 5.00. The summed E-state index contributed by atoms with van der Waals surface area (Å²) in [7, 11) is 1.53. The Balaban J connectivity index is 0.00000162. The van der Waals surface area contributed by atoms with Crippen LogP contribution in [0.2, 0.25) is 5.02 Å². The standard InChI is InChI=1S/C12H15ClN2O2.ClH/c1-17-11-4-9(13)2-3-10(11)12(16)15-7-8-5-14-6-8;/h2-4,8,14H,5-7H2,1H3,(H,15,16);1H. The Morgan fingerprint density at radius 3 is 2.83 bits per heavy atom. The fourth-order valence-corrected chi connectivity index (χ4v) is 1.84. The van der Waals surface area contributed by atoms with Gasteiger partial charge in [0.15, 0.2) is 0 Å². The molecule has 6 heteroatoms. The van der Waals surface area contributed by atoms with Crippen LogP contribution >= 0.6 is 24.0 Å². The number of carbonyl (C=O) groups is 1. The third-order valence-corrected chi connectivity index (χ3v) is 3.06. The predicted octanol–water partition coefficient (Wildman–Crippen LogP) is 1.72. The van der Waals surface area contributed by atoms with Gasteiger partial charge >= 0.3 is 0 Å². The number of hydrogen-bond donors (Lipinski definition) is 2. The molecule has 0 atom stereocenters. The van der Waals surface area contributed by atoms with Gasteiger partial charge in [0.25, 0.3) is 5.91 Å². The number of methoxy groups -OCH3 is 1. The van der Waals surface area contributed by atoms with Crippen molar-refractivity contribution in [2.75, 3.05) is 26.7 Å². The van der Waals surface area contributed by atoms with Crippen molar-refractivity contribution in [2.24, 2.45) is 5.92 Å². The van der Waals surface area contributed by atoms with Gasteiger partial charge in [-0.25, -0.2) is 0 Å². The maximum Gasteiger partial charge on any atom is 0.255 e. The molecule has 1 aromatic carbocycles. The van der Waals surface area contributed by atoms with Crippen LogP contribution in [0.25, 0.3) is 0 Å². The minimum absolute atomic E-state index is 0. The van der Waals surface area contributed by atoms with E-state index >= 15 is 0 Å². The van der Waals surface area contributed by atoms with E-state index in [-0.39, 0.29) is 18.3 Å². The van der Waals surface area contributed by atoms with Gasteiger partial charge in [0, 0.05) is 30.6 Å². The van der Waals surface area contributed by atoms with E-state index in [0.717, 1.165) is 13.1 Å². The summed E-state index contributed by atoms with van der Waals surface area (Å²) in [4.78, 5) is 11.9. The van der Waals surface area contributed by atoms with Crippen molar-refractivity contribution in [1.82, 2.24) is 10.6 Å². The van der Waals surface area contributed by atoms with E-state index in [1.165, 1.54) is 7.11 Å². The van der Waals surface area contributed by atoms with Gasteiger partial charge in [-0.1, -0.05) is 11.6 Å². The number of benzene rings is 1. The molecule has 2 rings (SSSR count). The highest BCUT2D eigenvalue weighted by Crippen LogP contribution is 2.22. The van der Waals surface area contributed by atoms with Crippen LogP contribution in [0.3, 0.4) is 0 Å². The van der Waals surface area contributed by atoms with Crippen molar-refractivity contribution in [1.29, 1.82) is 0 Å². The zero-order chi connectivity index (χ0) is 12.3. The van der Waals surface area contributed by atoms with E-state index in [0.29, 0.717) is 28.8 Å². The molecule has 1 fully saturated rings. The van der Waals surface area contributed by atoms with Crippen LogP contribution in [0.5, 0.6) is 5.75 Å². The second-order valence-corrected chi connectivity index (χ2v) is 4.52. The van der Waals surface area contributed by atoms with Crippen LogP contribution in [0.4, 0.5) is 0 Å². The monoisotopic (exact) mass is 290 g/mol. The zero-order valence-electron chi connectivity index (χ0n) is 10.0. The number of rotatable bonds is 4. The van der Waals surface area contributed by atoms with Crippen molar-refractivity contribution >= 4 is 29.9 Å². The lowest BCUT2D eigenvalue weighted by atomic mass is 10.0. The highest BCUT2D eigenvalue weighted by molar-refractivity contribution is 6.30. The van der Waals surface area contributed by atoms with Crippen molar-refractivity contribution in [2.45, 2.75) is 0 Å². The molecule has 1 heterocycles. The van der Waals surface area contributed by atoms with Crippen molar-refractivity contribution in [3.05, 3.63) is 28.8 Å². The van der Waals surface area contributed by atoms with Crippen LogP contribution < -0.4 is 15.4 Å². The molecule has 0 bridgehead atoms. The van der Waals surface area contributed by atoms with E-state index in [1.807, 2.05) is 0 Å². The molecular formula is C12H16Cl2N2O2. The Morgan fingerprint density at radius 1 is 1.56 bits per heavy atom. The molecule has 1 aliphatic heterocycles. The average molecular weight is 291 g/mol. The first-order chi connectivity index (χ1) is 8.20. The molecule has 4 nitrogen and oxygen atoms in total. The highest BCUT2D eigenvalue weighted by Gasteiger charge is 2.19. The van der Waals surface area contributed by atoms with Crippen molar-refractivity contribution in [3.63, 3.8) is 0 Å². The SMILES string of the molecule is COc1cc(Cl)ccc1C(=O)NCC1CNC1.Cl. The summed E-state index contributed by atoms with van der Waals surface area (Å²) < 4.78 is 5.14. The third kappa shape index (κ3) is 3.51. The number of halogens is 2. The average Bonchev–Trinajstić information content (AvgIpc) is 2.26. The summed E-state index contributed by atoms with van der Waals surface area (Å²) in [5.41, 5.74) is 0.518. The van der Waals surface area contributed by atoms with Crippen LogP contribution in [0.1, 0.15) is 10.4 Å². The fraction of sp³-hybridized carbons (Fsp3) is 0.417. The van der Waals surface area contributed by atoms with E-state index < -0.39 is 0 Å². The topological polar surface area (TPSA) is 50.4 Å². The molecule has 18 heavy (non-hydrogen) atoms. The summed E-state index contributed by atoms with van der Waals surface area (Å²) >= 11 is 5.84. The molecule has 2 N–H and O–H groups in total. The van der Waals surface area contributed by atoms with Gasteiger partial charge in [-0.05, 0) is 18.2 Å². The van der Waals surface area contributed by atoms with Gasteiger partial charge in [-0.3, -0.25) is 4.79 Å². The van der Waals surface area contributed by atoms with Gasteiger partial charge in [0.1, 0.15) is 5.75 Å². The summed E-state index contributed by atoms with van der Waals surface area (Å²) in [6.45, 7) is 2.63. The smallest absolute Gasteiger partial charge is 0.255 e. The molecule has 0 saturated carbocycles. The molecule has 0 radical (unpaired) electrons. The largest absolute Gasteiger partial charge is 0.496 e. The first kappa shape index (κ1) is 15.1. The second kappa shape index (κ2) is 6.83. The Hall–Kier alpha value is -0.970. The minimum Gasteiger partial charge on any atom is -0.496 e. The maximum absolute atomic E-state index is 11.9. The van der Waals surface area contributed by atoms with E-state index in [1.54, 1.807) is 18.2 Å². The number of hydrogen-bond acceptors (Lipinski definition) is 3. The number of amides is 1. The molecule has 0 aliphatic carbocycles. The highest BCUT2D eigenvalue weighted by atomic mass is 35.5. The molecule has 1 aromatic rings. The lowest BCUT2D eigenvalue weighted by molar-refractivity contribution is 0.0939. The molecule has 0 unspecified atom stereocenters. The Kier molecular flexibility index (Phi) is 5.72. The van der Waals surface area contributed by atoms with Crippen LogP contribution in [-0.2, 0) is 0 Å². The summed E-state index contributed by atoms with van der Waals surface area (Å²) in [6.07, 6.45) is 0. The fourth-order valence-electron chi connectivity index (χ4n) is 1.68. The zero-order valence-corrected chi connectivity index (χ0v) is 11.6. The molecule has 0 spiro atoms. The maximum atomic E-state index is 11.9. The van der Waals surface area contributed by atoms with E-state index in [4.69, 9.17) is 16.3 Å².